The lowest BCUT2D eigenvalue weighted by atomic mass is 10.1. The summed E-state index contributed by atoms with van der Waals surface area (Å²) in [5, 5.41) is 3.88. The van der Waals surface area contributed by atoms with Crippen LogP contribution in [0.5, 0.6) is 5.75 Å². The number of nitrogens with zero attached hydrogens (tertiary/aromatic N) is 1. The first-order valence-electron chi connectivity index (χ1n) is 9.32. The number of amides is 1. The van der Waals surface area contributed by atoms with Crippen molar-refractivity contribution >= 4 is 45.8 Å². The number of aromatic nitrogens is 2. The molecule has 0 aliphatic rings. The summed E-state index contributed by atoms with van der Waals surface area (Å²) in [5.41, 5.74) is 1.96. The first kappa shape index (κ1) is 20.3. The van der Waals surface area contributed by atoms with Crippen LogP contribution in [0.15, 0.2) is 66.7 Å². The predicted molar refractivity (Wildman–Crippen MR) is 121 cm³/mol. The number of carbonyl (C=O) groups is 1. The summed E-state index contributed by atoms with van der Waals surface area (Å²) in [7, 11) is 0. The number of carbonyl (C=O) groups excluding carboxylic acids is 1. The third-order valence-electron chi connectivity index (χ3n) is 4.61. The van der Waals surface area contributed by atoms with Crippen LogP contribution in [-0.2, 0) is 4.79 Å². The Bertz CT molecular complexity index is 1180. The van der Waals surface area contributed by atoms with Gasteiger partial charge in [0.15, 0.2) is 5.60 Å². The Morgan fingerprint density at radius 3 is 2.50 bits per heavy atom. The Kier molecular flexibility index (Phi) is 5.41. The normalized spacial score (nSPS) is 11.5. The minimum absolute atomic E-state index is 0.332. The molecule has 1 aromatic heterocycles. The first-order chi connectivity index (χ1) is 14.3. The maximum Gasteiger partial charge on any atom is 0.268 e. The van der Waals surface area contributed by atoms with E-state index in [2.05, 4.69) is 15.3 Å². The van der Waals surface area contributed by atoms with Crippen molar-refractivity contribution in [3.05, 3.63) is 76.8 Å². The van der Waals surface area contributed by atoms with Crippen LogP contribution in [0, 0.1) is 0 Å². The Labute approximate surface area is 184 Å². The molecule has 7 heteroatoms. The highest BCUT2D eigenvalue weighted by molar-refractivity contribution is 6.34. The molecule has 0 bridgehead atoms. The van der Waals surface area contributed by atoms with Crippen LogP contribution in [0.25, 0.3) is 22.4 Å². The summed E-state index contributed by atoms with van der Waals surface area (Å²) in [6.07, 6.45) is 0. The number of imidazole rings is 1. The average Bonchev–Trinajstić information content (AvgIpc) is 3.15. The van der Waals surface area contributed by atoms with Crippen molar-refractivity contribution in [2.24, 2.45) is 0 Å². The van der Waals surface area contributed by atoms with Crippen molar-refractivity contribution in [1.82, 2.24) is 9.97 Å². The van der Waals surface area contributed by atoms with Gasteiger partial charge in [0, 0.05) is 10.6 Å². The van der Waals surface area contributed by atoms with E-state index in [-0.39, 0.29) is 5.91 Å². The number of ether oxygens (including phenoxy) is 1. The van der Waals surface area contributed by atoms with Crippen molar-refractivity contribution in [1.29, 1.82) is 0 Å². The van der Waals surface area contributed by atoms with Gasteiger partial charge in [-0.2, -0.15) is 0 Å². The maximum atomic E-state index is 12.9. The lowest BCUT2D eigenvalue weighted by molar-refractivity contribution is -0.128. The quantitative estimate of drug-likeness (QED) is 0.381. The molecule has 1 amide bonds. The monoisotopic (exact) mass is 439 g/mol. The zero-order chi connectivity index (χ0) is 21.3. The topological polar surface area (TPSA) is 67.0 Å². The minimum atomic E-state index is -1.13. The van der Waals surface area contributed by atoms with Crippen LogP contribution in [0.1, 0.15) is 13.8 Å². The molecule has 0 radical (unpaired) electrons. The van der Waals surface area contributed by atoms with Crippen molar-refractivity contribution in [3.8, 4) is 17.1 Å². The predicted octanol–water partition coefficient (Wildman–Crippen LogP) is 6.33. The molecule has 0 aliphatic carbocycles. The van der Waals surface area contributed by atoms with Gasteiger partial charge in [-0.1, -0.05) is 35.3 Å². The summed E-state index contributed by atoms with van der Waals surface area (Å²) in [6.45, 7) is 3.38. The molecule has 2 N–H and O–H groups in total. The number of H-pyrrole nitrogens is 1. The highest BCUT2D eigenvalue weighted by atomic mass is 35.5. The molecule has 0 spiro atoms. The fraction of sp³-hybridized carbons (Fsp3) is 0.130. The molecule has 0 unspecified atom stereocenters. The molecule has 5 nitrogen and oxygen atoms in total. The molecule has 30 heavy (non-hydrogen) atoms. The number of fused-ring (bicyclic) bond motifs is 1. The van der Waals surface area contributed by atoms with E-state index in [1.54, 1.807) is 50.2 Å². The summed E-state index contributed by atoms with van der Waals surface area (Å²) < 4.78 is 5.85. The Morgan fingerprint density at radius 1 is 1.03 bits per heavy atom. The first-order valence-corrected chi connectivity index (χ1v) is 10.1. The van der Waals surface area contributed by atoms with Gasteiger partial charge in [0.2, 0.25) is 0 Å². The fourth-order valence-electron chi connectivity index (χ4n) is 2.97. The molecular weight excluding hydrogens is 421 g/mol. The molecule has 3 aromatic carbocycles. The molecule has 0 saturated carbocycles. The third kappa shape index (κ3) is 4.27. The Hall–Kier alpha value is -3.02. The van der Waals surface area contributed by atoms with Gasteiger partial charge in [0.1, 0.15) is 11.6 Å². The Balaban J connectivity index is 1.56. The Morgan fingerprint density at radius 2 is 1.77 bits per heavy atom. The molecule has 1 heterocycles. The number of halogens is 2. The van der Waals surface area contributed by atoms with Gasteiger partial charge >= 0.3 is 0 Å². The number of hydrogen-bond acceptors (Lipinski definition) is 3. The largest absolute Gasteiger partial charge is 0.478 e. The molecule has 0 aliphatic heterocycles. The van der Waals surface area contributed by atoms with E-state index < -0.39 is 5.60 Å². The van der Waals surface area contributed by atoms with Gasteiger partial charge in [-0.25, -0.2) is 4.98 Å². The summed E-state index contributed by atoms with van der Waals surface area (Å²) in [5.74, 6) is 0.905. The van der Waals surface area contributed by atoms with Crippen LogP contribution in [0.4, 0.5) is 5.69 Å². The standard InChI is InChI=1S/C23H19Cl2N3O2/c1-23(2,30-16-10-8-15(24)9-11-16)22(29)28-20-13-14(7-12-17(20)25)21-26-18-5-3-4-6-19(18)27-21/h3-13H,1-2H3,(H,26,27)(H,28,29). The number of anilines is 1. The number of nitrogens with one attached hydrogen (secondary N) is 2. The van der Waals surface area contributed by atoms with Gasteiger partial charge < -0.3 is 15.0 Å². The second-order valence-corrected chi connectivity index (χ2v) is 8.16. The van der Waals surface area contributed by atoms with Crippen LogP contribution in [0.2, 0.25) is 10.0 Å². The van der Waals surface area contributed by atoms with Crippen molar-refractivity contribution in [2.45, 2.75) is 19.4 Å². The second kappa shape index (κ2) is 8.01. The van der Waals surface area contributed by atoms with Gasteiger partial charge in [-0.05, 0) is 68.4 Å². The van der Waals surface area contributed by atoms with E-state index in [0.717, 1.165) is 16.6 Å². The number of aromatic amines is 1. The molecular formula is C23H19Cl2N3O2. The van der Waals surface area contributed by atoms with Gasteiger partial charge in [0.25, 0.3) is 5.91 Å². The average molecular weight is 440 g/mol. The van der Waals surface area contributed by atoms with E-state index >= 15 is 0 Å². The second-order valence-electron chi connectivity index (χ2n) is 7.32. The van der Waals surface area contributed by atoms with Crippen molar-refractivity contribution in [2.75, 3.05) is 5.32 Å². The molecule has 0 saturated heterocycles. The number of para-hydroxylation sites is 2. The molecule has 4 aromatic rings. The van der Waals surface area contributed by atoms with Gasteiger partial charge in [-0.3, -0.25) is 4.79 Å². The smallest absolute Gasteiger partial charge is 0.268 e. The lowest BCUT2D eigenvalue weighted by Gasteiger charge is -2.25. The third-order valence-corrected chi connectivity index (χ3v) is 5.19. The lowest BCUT2D eigenvalue weighted by Crippen LogP contribution is -2.42. The highest BCUT2D eigenvalue weighted by Gasteiger charge is 2.30. The summed E-state index contributed by atoms with van der Waals surface area (Å²) >= 11 is 12.2. The zero-order valence-electron chi connectivity index (χ0n) is 16.4. The van der Waals surface area contributed by atoms with E-state index in [1.807, 2.05) is 30.3 Å². The van der Waals surface area contributed by atoms with Gasteiger partial charge in [0.05, 0.1) is 21.7 Å². The van der Waals surface area contributed by atoms with Gasteiger partial charge in [-0.15, -0.1) is 0 Å². The molecule has 0 fully saturated rings. The zero-order valence-corrected chi connectivity index (χ0v) is 17.9. The molecule has 4 rings (SSSR count). The number of hydrogen-bond donors (Lipinski definition) is 2. The van der Waals surface area contributed by atoms with Crippen LogP contribution in [0.3, 0.4) is 0 Å². The van der Waals surface area contributed by atoms with Crippen LogP contribution in [-0.4, -0.2) is 21.5 Å². The number of rotatable bonds is 5. The summed E-state index contributed by atoms with van der Waals surface area (Å²) in [4.78, 5) is 20.8. The highest BCUT2D eigenvalue weighted by Crippen LogP contribution is 2.30. The maximum absolute atomic E-state index is 12.9. The number of benzene rings is 3. The van der Waals surface area contributed by atoms with Crippen molar-refractivity contribution in [3.63, 3.8) is 0 Å². The van der Waals surface area contributed by atoms with Crippen molar-refractivity contribution < 1.29 is 9.53 Å². The van der Waals surface area contributed by atoms with E-state index in [1.165, 1.54) is 0 Å². The molecule has 152 valence electrons. The summed E-state index contributed by atoms with van der Waals surface area (Å²) in [6, 6.07) is 20.0. The van der Waals surface area contributed by atoms with E-state index in [4.69, 9.17) is 27.9 Å². The van der Waals surface area contributed by atoms with E-state index in [9.17, 15) is 4.79 Å². The fourth-order valence-corrected chi connectivity index (χ4v) is 3.27. The van der Waals surface area contributed by atoms with Crippen LogP contribution < -0.4 is 10.1 Å². The van der Waals surface area contributed by atoms with E-state index in [0.29, 0.717) is 27.3 Å². The molecule has 0 atom stereocenters. The minimum Gasteiger partial charge on any atom is -0.478 e. The van der Waals surface area contributed by atoms with Crippen LogP contribution >= 0.6 is 23.2 Å². The SMILES string of the molecule is CC(C)(Oc1ccc(Cl)cc1)C(=O)Nc1cc(-c2nc3ccccc3[nH]2)ccc1Cl.